The summed E-state index contributed by atoms with van der Waals surface area (Å²) in [7, 11) is 3.35. The highest BCUT2D eigenvalue weighted by molar-refractivity contribution is 6.34. The van der Waals surface area contributed by atoms with Gasteiger partial charge in [-0.05, 0) is 26.3 Å². The Morgan fingerprint density at radius 2 is 1.89 bits per heavy atom. The van der Waals surface area contributed by atoms with Crippen LogP contribution in [0, 0.1) is 28.5 Å². The van der Waals surface area contributed by atoms with E-state index >= 15 is 4.39 Å². The van der Waals surface area contributed by atoms with Crippen molar-refractivity contribution < 1.29 is 9.18 Å². The molecule has 35 heavy (non-hydrogen) atoms. The number of carbonyl (C=O) groups excluding carboxylic acids is 1. The van der Waals surface area contributed by atoms with Crippen molar-refractivity contribution in [2.45, 2.75) is 33.1 Å². The first kappa shape index (κ1) is 24.0. The molecule has 1 aliphatic rings. The quantitative estimate of drug-likeness (QED) is 0.551. The normalized spacial score (nSPS) is 14.5. The second kappa shape index (κ2) is 8.90. The Hall–Kier alpha value is -4.15. The fourth-order valence-corrected chi connectivity index (χ4v) is 4.72. The second-order valence-corrected chi connectivity index (χ2v) is 8.65. The van der Waals surface area contributed by atoms with Crippen LogP contribution in [-0.2, 0) is 13.5 Å². The van der Waals surface area contributed by atoms with Gasteiger partial charge in [0.2, 0.25) is 0 Å². The zero-order valence-electron chi connectivity index (χ0n) is 19.8. The Kier molecular flexibility index (Phi) is 6.10. The first-order valence-corrected chi connectivity index (χ1v) is 11.2. The van der Waals surface area contributed by atoms with Gasteiger partial charge in [0.05, 0.1) is 45.9 Å². The Bertz CT molecular complexity index is 1470. The molecule has 0 radical (unpaired) electrons. The van der Waals surface area contributed by atoms with Gasteiger partial charge in [-0.25, -0.2) is 4.39 Å². The number of rotatable bonds is 4. The van der Waals surface area contributed by atoms with Gasteiger partial charge in [0.25, 0.3) is 5.91 Å². The van der Waals surface area contributed by atoms with Crippen LogP contribution in [0.25, 0.3) is 10.9 Å². The number of amides is 1. The van der Waals surface area contributed by atoms with Gasteiger partial charge in [-0.3, -0.25) is 14.6 Å². The van der Waals surface area contributed by atoms with Crippen molar-refractivity contribution in [1.82, 2.24) is 24.9 Å². The number of aromatic amines is 1. The van der Waals surface area contributed by atoms with Gasteiger partial charge in [-0.15, -0.1) is 0 Å². The average molecular weight is 493 g/mol. The van der Waals surface area contributed by atoms with Crippen molar-refractivity contribution in [1.29, 1.82) is 10.5 Å². The lowest BCUT2D eigenvalue weighted by molar-refractivity contribution is 0.101. The summed E-state index contributed by atoms with van der Waals surface area (Å²) < 4.78 is 17.3. The molecule has 1 aromatic carbocycles. The topological polar surface area (TPSA) is 126 Å². The standard InChI is InChI=1S/C24H22ClFN8O/c1-6-13-20(26)14(19-16(8-27)11(2)33(4)12(3)17(19)9-28)7-15-21(13)31-32-23(15)30-24(35)22-18(25)10-29-34(22)5/h7,10,19H,6H2,1-5H3,(H2,30,31,32,35). The van der Waals surface area contributed by atoms with Crippen LogP contribution in [0.3, 0.4) is 0 Å². The number of benzene rings is 1. The largest absolute Gasteiger partial charge is 0.350 e. The molecule has 0 bridgehead atoms. The molecule has 2 aromatic heterocycles. The molecule has 4 rings (SSSR count). The van der Waals surface area contributed by atoms with E-state index in [1.807, 2.05) is 0 Å². The van der Waals surface area contributed by atoms with Crippen molar-refractivity contribution in [3.05, 3.63) is 62.5 Å². The van der Waals surface area contributed by atoms with E-state index < -0.39 is 17.6 Å². The summed E-state index contributed by atoms with van der Waals surface area (Å²) in [6.07, 6.45) is 1.68. The molecule has 3 aromatic rings. The number of hydrogen-bond acceptors (Lipinski definition) is 6. The maximum absolute atomic E-state index is 15.9. The lowest BCUT2D eigenvalue weighted by Crippen LogP contribution is -2.26. The van der Waals surface area contributed by atoms with E-state index in [1.54, 1.807) is 45.8 Å². The molecule has 0 saturated carbocycles. The first-order valence-electron chi connectivity index (χ1n) is 10.8. The number of halogens is 2. The number of nitriles is 2. The van der Waals surface area contributed by atoms with Crippen molar-refractivity contribution >= 4 is 34.2 Å². The molecule has 1 aliphatic heterocycles. The smallest absolute Gasteiger partial charge is 0.276 e. The zero-order chi connectivity index (χ0) is 25.6. The number of nitrogens with zero attached hydrogens (tertiary/aromatic N) is 6. The van der Waals surface area contributed by atoms with E-state index in [0.717, 1.165) is 0 Å². The number of carbonyl (C=O) groups is 1. The highest BCUT2D eigenvalue weighted by Crippen LogP contribution is 2.43. The summed E-state index contributed by atoms with van der Waals surface area (Å²) in [5.74, 6) is -1.77. The van der Waals surface area contributed by atoms with Crippen LogP contribution in [0.15, 0.2) is 34.8 Å². The third kappa shape index (κ3) is 3.63. The number of anilines is 1. The number of nitrogens with one attached hydrogen (secondary N) is 2. The molecule has 0 spiro atoms. The minimum absolute atomic E-state index is 0.145. The Morgan fingerprint density at radius 3 is 2.40 bits per heavy atom. The Balaban J connectivity index is 1.93. The summed E-state index contributed by atoms with van der Waals surface area (Å²) in [5.41, 5.74) is 2.92. The summed E-state index contributed by atoms with van der Waals surface area (Å²) in [6.45, 7) is 5.33. The molecular formula is C24H22ClFN8O. The molecule has 9 nitrogen and oxygen atoms in total. The lowest BCUT2D eigenvalue weighted by Gasteiger charge is -2.33. The van der Waals surface area contributed by atoms with Gasteiger partial charge >= 0.3 is 0 Å². The SMILES string of the molecule is CCc1c(F)c(C2C(C#N)=C(C)N(C)C(C)=C2C#N)cc2c(NC(=O)c3c(Cl)cnn3C)n[nH]c12. The predicted molar refractivity (Wildman–Crippen MR) is 129 cm³/mol. The number of aromatic nitrogens is 4. The maximum Gasteiger partial charge on any atom is 0.276 e. The summed E-state index contributed by atoms with van der Waals surface area (Å²) >= 11 is 6.10. The number of H-pyrrole nitrogens is 1. The molecule has 3 heterocycles. The van der Waals surface area contributed by atoms with Gasteiger partial charge in [-0.1, -0.05) is 18.5 Å². The van der Waals surface area contributed by atoms with E-state index in [9.17, 15) is 15.3 Å². The Labute approximate surface area is 206 Å². The molecule has 2 N–H and O–H groups in total. The summed E-state index contributed by atoms with van der Waals surface area (Å²) in [4.78, 5) is 14.7. The average Bonchev–Trinajstić information content (AvgIpc) is 3.38. The van der Waals surface area contributed by atoms with Crippen LogP contribution in [0.4, 0.5) is 10.2 Å². The number of aryl methyl sites for hydroxylation is 2. The number of fused-ring (bicyclic) bond motifs is 1. The maximum atomic E-state index is 15.9. The van der Waals surface area contributed by atoms with Gasteiger partial charge in [0.15, 0.2) is 5.82 Å². The molecule has 0 saturated heterocycles. The third-order valence-corrected chi connectivity index (χ3v) is 6.81. The zero-order valence-corrected chi connectivity index (χ0v) is 20.5. The molecule has 0 fully saturated rings. The first-order chi connectivity index (χ1) is 16.7. The van der Waals surface area contributed by atoms with Crippen LogP contribution in [0.1, 0.15) is 48.3 Å². The highest BCUT2D eigenvalue weighted by atomic mass is 35.5. The highest BCUT2D eigenvalue weighted by Gasteiger charge is 2.35. The monoisotopic (exact) mass is 492 g/mol. The van der Waals surface area contributed by atoms with E-state index in [2.05, 4.69) is 32.8 Å². The van der Waals surface area contributed by atoms with Crippen LogP contribution in [0.5, 0.6) is 0 Å². The fraction of sp³-hybridized carbons (Fsp3) is 0.292. The molecule has 11 heteroatoms. The van der Waals surface area contributed by atoms with Gasteiger partial charge in [0.1, 0.15) is 11.5 Å². The second-order valence-electron chi connectivity index (χ2n) is 8.24. The van der Waals surface area contributed by atoms with Gasteiger partial charge in [0, 0.05) is 42.0 Å². The molecule has 178 valence electrons. The fourth-order valence-electron chi connectivity index (χ4n) is 4.47. The number of hydrogen-bond donors (Lipinski definition) is 2. The van der Waals surface area contributed by atoms with Gasteiger partial charge in [-0.2, -0.15) is 20.7 Å². The van der Waals surface area contributed by atoms with E-state index in [-0.39, 0.29) is 33.2 Å². The Morgan fingerprint density at radius 1 is 1.26 bits per heavy atom. The molecule has 0 atom stereocenters. The summed E-state index contributed by atoms with van der Waals surface area (Å²) in [6, 6.07) is 5.88. The van der Waals surface area contributed by atoms with E-state index in [1.165, 1.54) is 10.9 Å². The van der Waals surface area contributed by atoms with E-state index in [4.69, 9.17) is 11.6 Å². The molecule has 0 unspecified atom stereocenters. The van der Waals surface area contributed by atoms with Crippen LogP contribution in [-0.4, -0.2) is 37.8 Å². The minimum Gasteiger partial charge on any atom is -0.350 e. The summed E-state index contributed by atoms with van der Waals surface area (Å²) in [5, 5.41) is 34.2. The van der Waals surface area contributed by atoms with Crippen molar-refractivity contribution in [3.63, 3.8) is 0 Å². The molecule has 1 amide bonds. The van der Waals surface area contributed by atoms with Crippen molar-refractivity contribution in [2.75, 3.05) is 12.4 Å². The van der Waals surface area contributed by atoms with Crippen molar-refractivity contribution in [3.8, 4) is 12.1 Å². The molecule has 0 aliphatic carbocycles. The van der Waals surface area contributed by atoms with Crippen LogP contribution >= 0.6 is 11.6 Å². The minimum atomic E-state index is -0.888. The molecular weight excluding hydrogens is 471 g/mol. The number of allylic oxidation sites excluding steroid dienone is 4. The predicted octanol–water partition coefficient (Wildman–Crippen LogP) is 4.53. The van der Waals surface area contributed by atoms with Gasteiger partial charge < -0.3 is 10.2 Å². The van der Waals surface area contributed by atoms with Crippen molar-refractivity contribution in [2.24, 2.45) is 7.05 Å². The van der Waals surface area contributed by atoms with E-state index in [0.29, 0.717) is 34.3 Å². The lowest BCUT2D eigenvalue weighted by atomic mass is 9.79. The van der Waals surface area contributed by atoms with Crippen LogP contribution < -0.4 is 5.32 Å². The third-order valence-electron chi connectivity index (χ3n) is 6.53. The van der Waals surface area contributed by atoms with Crippen LogP contribution in [0.2, 0.25) is 5.02 Å².